The first-order valence-corrected chi connectivity index (χ1v) is 10.7. The second kappa shape index (κ2) is 13.5. The standard InChI is InChI=1S/C23H29ClN4O2.HI/c1-2-25-23(26-16-19-10-6-7-11-21(19)24)27-17-20(18-8-4-3-5-9-18)22(29)28-12-14-30-15-13-28;/h3-11,20H,2,12-17H2,1H3,(H2,25,26,27);1H. The number of halogens is 2. The fourth-order valence-corrected chi connectivity index (χ4v) is 3.56. The maximum atomic E-state index is 13.2. The van der Waals surface area contributed by atoms with Crippen LogP contribution in [0.3, 0.4) is 0 Å². The molecule has 0 aromatic heterocycles. The van der Waals surface area contributed by atoms with Crippen molar-refractivity contribution in [1.82, 2.24) is 15.5 Å². The fraction of sp³-hybridized carbons (Fsp3) is 0.391. The van der Waals surface area contributed by atoms with Gasteiger partial charge in [0.15, 0.2) is 5.96 Å². The smallest absolute Gasteiger partial charge is 0.232 e. The Morgan fingerprint density at radius 3 is 2.45 bits per heavy atom. The number of aliphatic imine (C=N–C) groups is 1. The summed E-state index contributed by atoms with van der Waals surface area (Å²) in [6.07, 6.45) is 0. The van der Waals surface area contributed by atoms with Gasteiger partial charge in [-0.1, -0.05) is 60.1 Å². The Kier molecular flexibility index (Phi) is 11.1. The summed E-state index contributed by atoms with van der Waals surface area (Å²) in [5.41, 5.74) is 1.95. The molecular formula is C23H30ClIN4O2. The number of morpholine rings is 1. The van der Waals surface area contributed by atoms with Gasteiger partial charge in [0.05, 0.1) is 25.7 Å². The molecule has 1 unspecified atom stereocenters. The Hall–Kier alpha value is -1.84. The number of ether oxygens (including phenoxy) is 1. The van der Waals surface area contributed by atoms with E-state index in [2.05, 4.69) is 15.6 Å². The van der Waals surface area contributed by atoms with Crippen molar-refractivity contribution in [2.75, 3.05) is 39.4 Å². The first-order valence-electron chi connectivity index (χ1n) is 10.4. The van der Waals surface area contributed by atoms with Crippen molar-refractivity contribution in [2.45, 2.75) is 19.4 Å². The number of amides is 1. The Balaban J connectivity index is 0.00000341. The number of carbonyl (C=O) groups excluding carboxylic acids is 1. The predicted molar refractivity (Wildman–Crippen MR) is 136 cm³/mol. The SMILES string of the molecule is CCNC(=NCc1ccccc1Cl)NCC(C(=O)N1CCOCC1)c1ccccc1.I. The molecule has 8 heteroatoms. The summed E-state index contributed by atoms with van der Waals surface area (Å²) in [6.45, 7) is 6.08. The number of nitrogens with zero attached hydrogens (tertiary/aromatic N) is 2. The second-order valence-corrected chi connectivity index (χ2v) is 7.48. The molecule has 1 saturated heterocycles. The van der Waals surface area contributed by atoms with Crippen molar-refractivity contribution >= 4 is 47.4 Å². The zero-order valence-electron chi connectivity index (χ0n) is 17.7. The topological polar surface area (TPSA) is 66.0 Å². The molecule has 1 aliphatic rings. The number of guanidine groups is 1. The van der Waals surface area contributed by atoms with Crippen LogP contribution >= 0.6 is 35.6 Å². The molecule has 0 aliphatic carbocycles. The predicted octanol–water partition coefficient (Wildman–Crippen LogP) is 3.66. The van der Waals surface area contributed by atoms with Gasteiger partial charge in [0.25, 0.3) is 0 Å². The molecule has 168 valence electrons. The quantitative estimate of drug-likeness (QED) is 0.310. The van der Waals surface area contributed by atoms with Gasteiger partial charge >= 0.3 is 0 Å². The molecule has 1 aliphatic heterocycles. The van der Waals surface area contributed by atoms with E-state index in [0.29, 0.717) is 50.4 Å². The van der Waals surface area contributed by atoms with E-state index in [4.69, 9.17) is 16.3 Å². The normalized spacial score (nSPS) is 15.0. The number of rotatable bonds is 7. The first kappa shape index (κ1) is 25.4. The molecule has 1 atom stereocenters. The van der Waals surface area contributed by atoms with Crippen molar-refractivity contribution < 1.29 is 9.53 Å². The minimum Gasteiger partial charge on any atom is -0.378 e. The van der Waals surface area contributed by atoms with Crippen LogP contribution in [-0.4, -0.2) is 56.2 Å². The van der Waals surface area contributed by atoms with E-state index in [1.54, 1.807) is 0 Å². The average Bonchev–Trinajstić information content (AvgIpc) is 2.79. The van der Waals surface area contributed by atoms with Crippen LogP contribution in [0.2, 0.25) is 5.02 Å². The van der Waals surface area contributed by atoms with Crippen LogP contribution in [0.1, 0.15) is 24.0 Å². The molecule has 31 heavy (non-hydrogen) atoms. The van der Waals surface area contributed by atoms with Gasteiger partial charge in [-0.25, -0.2) is 4.99 Å². The van der Waals surface area contributed by atoms with E-state index >= 15 is 0 Å². The second-order valence-electron chi connectivity index (χ2n) is 7.07. The summed E-state index contributed by atoms with van der Waals surface area (Å²) in [6, 6.07) is 17.6. The average molecular weight is 557 g/mol. The van der Waals surface area contributed by atoms with Crippen molar-refractivity contribution in [3.63, 3.8) is 0 Å². The summed E-state index contributed by atoms with van der Waals surface area (Å²) in [5, 5.41) is 7.29. The molecule has 2 aromatic carbocycles. The molecular weight excluding hydrogens is 527 g/mol. The minimum absolute atomic E-state index is 0. The van der Waals surface area contributed by atoms with Gasteiger partial charge < -0.3 is 20.3 Å². The largest absolute Gasteiger partial charge is 0.378 e. The van der Waals surface area contributed by atoms with Gasteiger partial charge in [0.1, 0.15) is 0 Å². The lowest BCUT2D eigenvalue weighted by atomic mass is 9.97. The van der Waals surface area contributed by atoms with Crippen molar-refractivity contribution in [2.24, 2.45) is 4.99 Å². The van der Waals surface area contributed by atoms with E-state index in [1.807, 2.05) is 66.4 Å². The lowest BCUT2D eigenvalue weighted by molar-refractivity contribution is -0.136. The lowest BCUT2D eigenvalue weighted by Gasteiger charge is -2.31. The van der Waals surface area contributed by atoms with Gasteiger partial charge in [-0.05, 0) is 24.1 Å². The van der Waals surface area contributed by atoms with E-state index in [9.17, 15) is 4.79 Å². The van der Waals surface area contributed by atoms with Crippen LogP contribution in [0.5, 0.6) is 0 Å². The molecule has 2 N–H and O–H groups in total. The third-order valence-electron chi connectivity index (χ3n) is 5.01. The van der Waals surface area contributed by atoms with Crippen molar-refractivity contribution in [3.05, 3.63) is 70.7 Å². The highest BCUT2D eigenvalue weighted by Crippen LogP contribution is 2.19. The van der Waals surface area contributed by atoms with Crippen molar-refractivity contribution in [1.29, 1.82) is 0 Å². The molecule has 0 saturated carbocycles. The third-order valence-corrected chi connectivity index (χ3v) is 5.37. The summed E-state index contributed by atoms with van der Waals surface area (Å²) >= 11 is 6.25. The molecule has 1 heterocycles. The van der Waals surface area contributed by atoms with Crippen LogP contribution in [0.15, 0.2) is 59.6 Å². The summed E-state index contributed by atoms with van der Waals surface area (Å²) in [5.74, 6) is 0.473. The molecule has 6 nitrogen and oxygen atoms in total. The molecule has 1 amide bonds. The van der Waals surface area contributed by atoms with Crippen LogP contribution in [0.25, 0.3) is 0 Å². The number of hydrogen-bond donors (Lipinski definition) is 2. The fourth-order valence-electron chi connectivity index (χ4n) is 3.37. The Labute approximate surface area is 206 Å². The molecule has 1 fully saturated rings. The van der Waals surface area contributed by atoms with Crippen LogP contribution < -0.4 is 10.6 Å². The maximum absolute atomic E-state index is 13.2. The van der Waals surface area contributed by atoms with Gasteiger partial charge in [-0.3, -0.25) is 4.79 Å². The molecule has 3 rings (SSSR count). The molecule has 2 aromatic rings. The summed E-state index contributed by atoms with van der Waals surface area (Å²) in [4.78, 5) is 19.8. The Morgan fingerprint density at radius 1 is 1.10 bits per heavy atom. The van der Waals surface area contributed by atoms with Crippen LogP contribution in [0, 0.1) is 0 Å². The highest BCUT2D eigenvalue weighted by Gasteiger charge is 2.27. The number of carbonyl (C=O) groups is 1. The first-order chi connectivity index (χ1) is 14.7. The monoisotopic (exact) mass is 556 g/mol. The van der Waals surface area contributed by atoms with Gasteiger partial charge in [0.2, 0.25) is 5.91 Å². The maximum Gasteiger partial charge on any atom is 0.232 e. The number of nitrogens with one attached hydrogen (secondary N) is 2. The zero-order chi connectivity index (χ0) is 21.2. The van der Waals surface area contributed by atoms with Crippen LogP contribution in [0.4, 0.5) is 0 Å². The number of benzene rings is 2. The van der Waals surface area contributed by atoms with Gasteiger partial charge in [-0.2, -0.15) is 0 Å². The molecule has 0 spiro atoms. The highest BCUT2D eigenvalue weighted by molar-refractivity contribution is 14.0. The summed E-state index contributed by atoms with van der Waals surface area (Å²) < 4.78 is 5.40. The van der Waals surface area contributed by atoms with Gasteiger partial charge in [-0.15, -0.1) is 24.0 Å². The lowest BCUT2D eigenvalue weighted by Crippen LogP contribution is -2.47. The Bertz CT molecular complexity index is 844. The van der Waals surface area contributed by atoms with E-state index in [-0.39, 0.29) is 35.8 Å². The van der Waals surface area contributed by atoms with E-state index in [1.165, 1.54) is 0 Å². The zero-order valence-corrected chi connectivity index (χ0v) is 20.8. The third kappa shape index (κ3) is 7.66. The number of hydrogen-bond acceptors (Lipinski definition) is 3. The van der Waals surface area contributed by atoms with Gasteiger partial charge in [0, 0.05) is 31.2 Å². The Morgan fingerprint density at radius 2 is 1.77 bits per heavy atom. The van der Waals surface area contributed by atoms with E-state index in [0.717, 1.165) is 17.7 Å². The molecule has 0 radical (unpaired) electrons. The summed E-state index contributed by atoms with van der Waals surface area (Å²) in [7, 11) is 0. The van der Waals surface area contributed by atoms with Crippen LogP contribution in [-0.2, 0) is 16.1 Å². The van der Waals surface area contributed by atoms with Crippen molar-refractivity contribution in [3.8, 4) is 0 Å². The van der Waals surface area contributed by atoms with E-state index < -0.39 is 0 Å². The highest BCUT2D eigenvalue weighted by atomic mass is 127. The minimum atomic E-state index is -0.298. The molecule has 0 bridgehead atoms.